The number of aliphatic hydroxyl groups is 2. The fourth-order valence-corrected chi connectivity index (χ4v) is 5.92. The van der Waals surface area contributed by atoms with Gasteiger partial charge in [0.05, 0.1) is 18.1 Å². The summed E-state index contributed by atoms with van der Waals surface area (Å²) in [6, 6.07) is 9.43. The highest BCUT2D eigenvalue weighted by molar-refractivity contribution is 5.76. The van der Waals surface area contributed by atoms with Crippen LogP contribution in [0.3, 0.4) is 0 Å². The smallest absolute Gasteiger partial charge is 0.311 e. The Morgan fingerprint density at radius 3 is 2.70 bits per heavy atom. The molecule has 1 saturated heterocycles. The lowest BCUT2D eigenvalue weighted by Gasteiger charge is -2.52. The SMILES string of the molecule is C[C@@H]1CCC=C2C[C@H]3OC(=O)[C@@H](CN(C)[C@@H](C)[C@@H](O)c4ccccc4)[C@H]3[C@@H](O)[C@@]21C. The number of esters is 1. The molecule has 3 aliphatic rings. The lowest BCUT2D eigenvalue weighted by atomic mass is 9.55. The minimum Gasteiger partial charge on any atom is -0.461 e. The Balaban J connectivity index is 1.52. The van der Waals surface area contributed by atoms with Crippen molar-refractivity contribution in [2.75, 3.05) is 13.6 Å². The Bertz CT molecular complexity index is 809. The second kappa shape index (κ2) is 8.10. The Morgan fingerprint density at radius 1 is 1.30 bits per heavy atom. The van der Waals surface area contributed by atoms with Crippen molar-refractivity contribution in [1.29, 1.82) is 0 Å². The molecule has 164 valence electrons. The third kappa shape index (κ3) is 3.41. The number of carbonyl (C=O) groups excluding carboxylic acids is 1. The van der Waals surface area contributed by atoms with E-state index in [1.54, 1.807) is 0 Å². The molecule has 1 aliphatic heterocycles. The van der Waals surface area contributed by atoms with Crippen molar-refractivity contribution in [2.45, 2.75) is 64.4 Å². The molecule has 5 nitrogen and oxygen atoms in total. The Hall–Kier alpha value is -1.69. The Kier molecular flexibility index (Phi) is 5.82. The van der Waals surface area contributed by atoms with Crippen LogP contribution in [0.15, 0.2) is 42.0 Å². The van der Waals surface area contributed by atoms with E-state index >= 15 is 0 Å². The molecule has 30 heavy (non-hydrogen) atoms. The minimum absolute atomic E-state index is 0.167. The number of hydrogen-bond acceptors (Lipinski definition) is 5. The van der Waals surface area contributed by atoms with E-state index in [0.29, 0.717) is 12.5 Å². The average Bonchev–Trinajstić information content (AvgIpc) is 3.05. The van der Waals surface area contributed by atoms with E-state index < -0.39 is 12.2 Å². The lowest BCUT2D eigenvalue weighted by molar-refractivity contribution is -0.145. The molecule has 1 saturated carbocycles. The molecule has 0 radical (unpaired) electrons. The summed E-state index contributed by atoms with van der Waals surface area (Å²) in [7, 11) is 1.93. The number of allylic oxidation sites excluding steroid dienone is 1. The number of hydrogen-bond donors (Lipinski definition) is 2. The maximum absolute atomic E-state index is 12.8. The van der Waals surface area contributed by atoms with Gasteiger partial charge in [0.2, 0.25) is 0 Å². The van der Waals surface area contributed by atoms with Gasteiger partial charge < -0.3 is 14.9 Å². The molecule has 1 aromatic carbocycles. The summed E-state index contributed by atoms with van der Waals surface area (Å²) in [5.74, 6) is -0.425. The van der Waals surface area contributed by atoms with Gasteiger partial charge in [-0.1, -0.05) is 55.8 Å². The highest BCUT2D eigenvalue weighted by atomic mass is 16.6. The molecular weight excluding hydrogens is 378 g/mol. The van der Waals surface area contributed by atoms with Crippen molar-refractivity contribution in [3.8, 4) is 0 Å². The monoisotopic (exact) mass is 413 g/mol. The van der Waals surface area contributed by atoms with Gasteiger partial charge in [0, 0.05) is 30.3 Å². The van der Waals surface area contributed by atoms with Crippen molar-refractivity contribution in [3.63, 3.8) is 0 Å². The van der Waals surface area contributed by atoms with Gasteiger partial charge in [0.25, 0.3) is 0 Å². The van der Waals surface area contributed by atoms with Gasteiger partial charge in [-0.05, 0) is 38.3 Å². The highest BCUT2D eigenvalue weighted by Gasteiger charge is 2.59. The number of nitrogens with zero attached hydrogens (tertiary/aromatic N) is 1. The van der Waals surface area contributed by atoms with E-state index in [1.807, 2.05) is 49.2 Å². The van der Waals surface area contributed by atoms with Crippen LogP contribution in [0.1, 0.15) is 51.7 Å². The molecule has 0 bridgehead atoms. The first kappa shape index (κ1) is 21.5. The largest absolute Gasteiger partial charge is 0.461 e. The third-order valence-electron chi connectivity index (χ3n) is 8.35. The second-order valence-electron chi connectivity index (χ2n) is 9.83. The van der Waals surface area contributed by atoms with Gasteiger partial charge in [-0.3, -0.25) is 9.69 Å². The van der Waals surface area contributed by atoms with Gasteiger partial charge in [-0.15, -0.1) is 0 Å². The van der Waals surface area contributed by atoms with Crippen molar-refractivity contribution in [1.82, 2.24) is 4.90 Å². The van der Waals surface area contributed by atoms with Gasteiger partial charge >= 0.3 is 5.97 Å². The molecule has 0 spiro atoms. The summed E-state index contributed by atoms with van der Waals surface area (Å²) >= 11 is 0. The summed E-state index contributed by atoms with van der Waals surface area (Å²) < 4.78 is 5.77. The van der Waals surface area contributed by atoms with Crippen LogP contribution >= 0.6 is 0 Å². The predicted molar refractivity (Wildman–Crippen MR) is 116 cm³/mol. The first-order chi connectivity index (χ1) is 14.2. The van der Waals surface area contributed by atoms with Gasteiger partial charge in [0.15, 0.2) is 0 Å². The number of ether oxygens (including phenoxy) is 1. The minimum atomic E-state index is -0.647. The molecule has 4 rings (SSSR count). The van der Waals surface area contributed by atoms with E-state index in [0.717, 1.165) is 24.8 Å². The normalized spacial score (nSPS) is 37.8. The van der Waals surface area contributed by atoms with E-state index in [1.165, 1.54) is 5.57 Å². The zero-order valence-electron chi connectivity index (χ0n) is 18.5. The number of likely N-dealkylation sites (N-methyl/N-ethyl adjacent to an activating group) is 1. The number of fused-ring (bicyclic) bond motifs is 2. The van der Waals surface area contributed by atoms with Crippen LogP contribution < -0.4 is 0 Å². The van der Waals surface area contributed by atoms with Crippen molar-refractivity contribution >= 4 is 5.97 Å². The zero-order chi connectivity index (χ0) is 21.6. The van der Waals surface area contributed by atoms with Gasteiger partial charge in [-0.25, -0.2) is 0 Å². The molecular formula is C25H35NO4. The van der Waals surface area contributed by atoms with Crippen LogP contribution in [0, 0.1) is 23.2 Å². The number of carbonyl (C=O) groups is 1. The summed E-state index contributed by atoms with van der Waals surface area (Å²) in [4.78, 5) is 14.9. The number of rotatable bonds is 5. The molecule has 0 amide bonds. The highest BCUT2D eigenvalue weighted by Crippen LogP contribution is 2.56. The zero-order valence-corrected chi connectivity index (χ0v) is 18.5. The van der Waals surface area contributed by atoms with Crippen LogP contribution in [-0.4, -0.2) is 52.9 Å². The quantitative estimate of drug-likeness (QED) is 0.572. The van der Waals surface area contributed by atoms with Crippen LogP contribution in [0.4, 0.5) is 0 Å². The van der Waals surface area contributed by atoms with Crippen LogP contribution in [0.5, 0.6) is 0 Å². The summed E-state index contributed by atoms with van der Waals surface area (Å²) in [5.41, 5.74) is 1.82. The fraction of sp³-hybridized carbons (Fsp3) is 0.640. The van der Waals surface area contributed by atoms with E-state index in [2.05, 4.69) is 19.9 Å². The molecule has 8 atom stereocenters. The molecule has 2 fully saturated rings. The van der Waals surface area contributed by atoms with E-state index in [-0.39, 0.29) is 35.4 Å². The maximum Gasteiger partial charge on any atom is 0.311 e. The topological polar surface area (TPSA) is 70.0 Å². The second-order valence-corrected chi connectivity index (χ2v) is 9.83. The van der Waals surface area contributed by atoms with Crippen molar-refractivity contribution < 1.29 is 19.7 Å². The standard InChI is InChI=1S/C25H35NO4/c1-15-9-8-12-18-13-20-21(23(28)25(15,18)3)19(24(29)30-20)14-26(4)16(2)22(27)17-10-6-5-7-11-17/h5-7,10-12,15-16,19-23,27-28H,8-9,13-14H2,1-4H3/t15-,16+,19+,20-,21-,22-,23-,25-/m1/s1. The van der Waals surface area contributed by atoms with Gasteiger partial charge in [-0.2, -0.15) is 0 Å². The van der Waals surface area contributed by atoms with Crippen molar-refractivity contribution in [2.24, 2.45) is 23.2 Å². The van der Waals surface area contributed by atoms with Gasteiger partial charge in [0.1, 0.15) is 6.10 Å². The summed E-state index contributed by atoms with van der Waals surface area (Å²) in [6.07, 6.45) is 3.59. The molecule has 2 aliphatic carbocycles. The van der Waals surface area contributed by atoms with E-state index in [4.69, 9.17) is 4.74 Å². The van der Waals surface area contributed by atoms with Crippen LogP contribution in [0.2, 0.25) is 0 Å². The first-order valence-corrected chi connectivity index (χ1v) is 11.3. The Labute approximate surface area is 179 Å². The third-order valence-corrected chi connectivity index (χ3v) is 8.35. The molecule has 1 aromatic rings. The lowest BCUT2D eigenvalue weighted by Crippen LogP contribution is -2.55. The predicted octanol–water partition coefficient (Wildman–Crippen LogP) is 3.33. The fourth-order valence-electron chi connectivity index (χ4n) is 5.92. The molecule has 0 unspecified atom stereocenters. The molecule has 5 heteroatoms. The first-order valence-electron chi connectivity index (χ1n) is 11.3. The maximum atomic E-state index is 12.8. The summed E-state index contributed by atoms with van der Waals surface area (Å²) in [6.45, 7) is 6.81. The molecule has 0 aromatic heterocycles. The number of aliphatic hydroxyl groups excluding tert-OH is 2. The van der Waals surface area contributed by atoms with Crippen LogP contribution in [-0.2, 0) is 9.53 Å². The molecule has 2 N–H and O–H groups in total. The van der Waals surface area contributed by atoms with Crippen LogP contribution in [0.25, 0.3) is 0 Å². The number of benzene rings is 1. The van der Waals surface area contributed by atoms with E-state index in [9.17, 15) is 15.0 Å². The molecule has 1 heterocycles. The average molecular weight is 414 g/mol. The summed E-state index contributed by atoms with van der Waals surface area (Å²) in [5, 5.41) is 22.3. The Morgan fingerprint density at radius 2 is 2.00 bits per heavy atom. The van der Waals surface area contributed by atoms with Crippen molar-refractivity contribution in [3.05, 3.63) is 47.5 Å².